The largest absolute Gasteiger partial charge is 0.384 e. The van der Waals surface area contributed by atoms with E-state index in [1.807, 2.05) is 13.8 Å². The fourth-order valence-corrected chi connectivity index (χ4v) is 1.65. The van der Waals surface area contributed by atoms with Crippen LogP contribution in [0.3, 0.4) is 0 Å². The van der Waals surface area contributed by atoms with Gasteiger partial charge in [-0.05, 0) is 31.5 Å². The predicted molar refractivity (Wildman–Crippen MR) is 63.1 cm³/mol. The van der Waals surface area contributed by atoms with Crippen LogP contribution in [0.25, 0.3) is 0 Å². The van der Waals surface area contributed by atoms with Gasteiger partial charge in [-0.2, -0.15) is 5.10 Å². The minimum absolute atomic E-state index is 0.239. The highest BCUT2D eigenvalue weighted by atomic mass is 19.1. The molecule has 3 nitrogen and oxygen atoms in total. The Hall–Kier alpha value is -1.68. The topological polar surface area (TPSA) is 38.0 Å². The number of hydrogen-bond donors (Lipinski definition) is 1. The monoisotopic (exact) mass is 234 g/mol. The van der Waals surface area contributed by atoms with Crippen molar-refractivity contribution in [3.05, 3.63) is 53.6 Å². The molecule has 0 amide bonds. The lowest BCUT2D eigenvalue weighted by Gasteiger charge is -2.09. The fourth-order valence-electron chi connectivity index (χ4n) is 1.65. The van der Waals surface area contributed by atoms with Crippen molar-refractivity contribution in [1.29, 1.82) is 0 Å². The first-order valence-electron chi connectivity index (χ1n) is 5.55. The molecule has 1 aromatic carbocycles. The Labute approximate surface area is 99.5 Å². The van der Waals surface area contributed by atoms with Crippen LogP contribution in [0.5, 0.6) is 0 Å². The van der Waals surface area contributed by atoms with E-state index in [9.17, 15) is 9.50 Å². The lowest BCUT2D eigenvalue weighted by Crippen LogP contribution is -2.01. The molecule has 0 aliphatic heterocycles. The van der Waals surface area contributed by atoms with Crippen LogP contribution in [-0.4, -0.2) is 14.9 Å². The van der Waals surface area contributed by atoms with Crippen molar-refractivity contribution in [2.45, 2.75) is 26.0 Å². The maximum absolute atomic E-state index is 13.0. The molecule has 0 bridgehead atoms. The molecule has 1 unspecified atom stereocenters. The lowest BCUT2D eigenvalue weighted by molar-refractivity contribution is 0.219. The van der Waals surface area contributed by atoms with E-state index in [0.717, 1.165) is 0 Å². The van der Waals surface area contributed by atoms with Crippen LogP contribution >= 0.6 is 0 Å². The first-order chi connectivity index (χ1) is 8.08. The molecule has 0 fully saturated rings. The molecule has 1 atom stereocenters. The minimum Gasteiger partial charge on any atom is -0.384 e. The van der Waals surface area contributed by atoms with Crippen molar-refractivity contribution >= 4 is 0 Å². The molecule has 1 heterocycles. The Balaban J connectivity index is 2.27. The van der Waals surface area contributed by atoms with Crippen LogP contribution < -0.4 is 0 Å². The molecule has 0 saturated carbocycles. The molecule has 0 radical (unpaired) electrons. The molecule has 1 aromatic heterocycles. The summed E-state index contributed by atoms with van der Waals surface area (Å²) < 4.78 is 14.8. The summed E-state index contributed by atoms with van der Waals surface area (Å²) in [7, 11) is 0. The Bertz CT molecular complexity index is 508. The van der Waals surface area contributed by atoms with Gasteiger partial charge in [-0.25, -0.2) is 4.39 Å². The Morgan fingerprint density at radius 1 is 1.29 bits per heavy atom. The molecular formula is C13H15FN2O. The van der Waals surface area contributed by atoms with Gasteiger partial charge in [0.05, 0.1) is 6.20 Å². The maximum atomic E-state index is 13.0. The third-order valence-electron chi connectivity index (χ3n) is 2.63. The number of halogens is 1. The van der Waals surface area contributed by atoms with Crippen LogP contribution in [-0.2, 0) is 0 Å². The number of rotatable bonds is 3. The zero-order valence-electron chi connectivity index (χ0n) is 9.84. The molecule has 0 aliphatic rings. The second-order valence-electron chi connectivity index (χ2n) is 4.30. The Kier molecular flexibility index (Phi) is 3.24. The number of hydrogen-bond acceptors (Lipinski definition) is 2. The number of benzene rings is 1. The summed E-state index contributed by atoms with van der Waals surface area (Å²) in [4.78, 5) is 0. The first-order valence-corrected chi connectivity index (χ1v) is 5.55. The SMILES string of the molecule is CC(C)n1cc(C(O)c2cccc(F)c2)cn1. The van der Waals surface area contributed by atoms with E-state index in [2.05, 4.69) is 5.10 Å². The second kappa shape index (κ2) is 4.67. The number of nitrogens with zero attached hydrogens (tertiary/aromatic N) is 2. The lowest BCUT2D eigenvalue weighted by atomic mass is 10.0. The van der Waals surface area contributed by atoms with Gasteiger partial charge in [-0.1, -0.05) is 12.1 Å². The maximum Gasteiger partial charge on any atom is 0.123 e. The zero-order chi connectivity index (χ0) is 12.4. The van der Waals surface area contributed by atoms with E-state index in [4.69, 9.17) is 0 Å². The average Bonchev–Trinajstić information content (AvgIpc) is 2.77. The molecule has 0 saturated heterocycles. The number of aliphatic hydroxyl groups excluding tert-OH is 1. The van der Waals surface area contributed by atoms with E-state index in [0.29, 0.717) is 11.1 Å². The van der Waals surface area contributed by atoms with Gasteiger partial charge in [0.25, 0.3) is 0 Å². The van der Waals surface area contributed by atoms with Gasteiger partial charge in [0.15, 0.2) is 0 Å². The van der Waals surface area contributed by atoms with Crippen LogP contribution in [0.15, 0.2) is 36.7 Å². The van der Waals surface area contributed by atoms with Crippen LogP contribution in [0.1, 0.15) is 37.1 Å². The smallest absolute Gasteiger partial charge is 0.123 e. The average molecular weight is 234 g/mol. The highest BCUT2D eigenvalue weighted by Crippen LogP contribution is 2.22. The molecule has 90 valence electrons. The summed E-state index contributed by atoms with van der Waals surface area (Å²) in [5.41, 5.74) is 1.21. The summed E-state index contributed by atoms with van der Waals surface area (Å²) >= 11 is 0. The summed E-state index contributed by atoms with van der Waals surface area (Å²) in [6, 6.07) is 6.20. The Morgan fingerprint density at radius 3 is 2.65 bits per heavy atom. The van der Waals surface area contributed by atoms with E-state index in [1.54, 1.807) is 29.2 Å². The van der Waals surface area contributed by atoms with Gasteiger partial charge in [-0.15, -0.1) is 0 Å². The molecule has 0 aliphatic carbocycles. The zero-order valence-corrected chi connectivity index (χ0v) is 9.84. The second-order valence-corrected chi connectivity index (χ2v) is 4.30. The van der Waals surface area contributed by atoms with Crippen molar-refractivity contribution in [2.75, 3.05) is 0 Å². The van der Waals surface area contributed by atoms with Crippen molar-refractivity contribution in [3.63, 3.8) is 0 Å². The van der Waals surface area contributed by atoms with Gasteiger partial charge >= 0.3 is 0 Å². The van der Waals surface area contributed by atoms with E-state index in [1.165, 1.54) is 12.1 Å². The molecule has 2 aromatic rings. The molecule has 0 spiro atoms. The van der Waals surface area contributed by atoms with E-state index in [-0.39, 0.29) is 11.9 Å². The summed E-state index contributed by atoms with van der Waals surface area (Å²) in [6.07, 6.45) is 2.55. The fraction of sp³-hybridized carbons (Fsp3) is 0.308. The van der Waals surface area contributed by atoms with Gasteiger partial charge in [-0.3, -0.25) is 4.68 Å². The van der Waals surface area contributed by atoms with Crippen molar-refractivity contribution < 1.29 is 9.50 Å². The first kappa shape index (κ1) is 11.8. The van der Waals surface area contributed by atoms with E-state index < -0.39 is 6.10 Å². The summed E-state index contributed by atoms with van der Waals surface area (Å²) in [5.74, 6) is -0.349. The summed E-state index contributed by atoms with van der Waals surface area (Å²) in [6.45, 7) is 4.01. The van der Waals surface area contributed by atoms with Crippen LogP contribution in [0, 0.1) is 5.82 Å². The summed E-state index contributed by atoms with van der Waals surface area (Å²) in [5, 5.41) is 14.2. The Morgan fingerprint density at radius 2 is 2.06 bits per heavy atom. The molecule has 4 heteroatoms. The third kappa shape index (κ3) is 2.53. The standard InChI is InChI=1S/C13H15FN2O/c1-9(2)16-8-11(7-15-16)13(17)10-4-3-5-12(14)6-10/h3-9,13,17H,1-2H3. The molecule has 2 rings (SSSR count). The van der Waals surface area contributed by atoms with Gasteiger partial charge in [0.1, 0.15) is 11.9 Å². The van der Waals surface area contributed by atoms with Crippen molar-refractivity contribution in [2.24, 2.45) is 0 Å². The highest BCUT2D eigenvalue weighted by Gasteiger charge is 2.13. The van der Waals surface area contributed by atoms with Crippen molar-refractivity contribution in [3.8, 4) is 0 Å². The molecule has 1 N–H and O–H groups in total. The molecular weight excluding hydrogens is 219 g/mol. The normalized spacial score (nSPS) is 13.0. The minimum atomic E-state index is -0.835. The highest BCUT2D eigenvalue weighted by molar-refractivity contribution is 5.27. The van der Waals surface area contributed by atoms with Crippen LogP contribution in [0.4, 0.5) is 4.39 Å². The van der Waals surface area contributed by atoms with Gasteiger partial charge in [0.2, 0.25) is 0 Å². The molecule has 17 heavy (non-hydrogen) atoms. The van der Waals surface area contributed by atoms with Gasteiger partial charge in [0, 0.05) is 17.8 Å². The van der Waals surface area contributed by atoms with E-state index >= 15 is 0 Å². The number of aliphatic hydroxyl groups is 1. The predicted octanol–water partition coefficient (Wildman–Crippen LogP) is 2.68. The number of aromatic nitrogens is 2. The third-order valence-corrected chi connectivity index (χ3v) is 2.63. The van der Waals surface area contributed by atoms with Crippen molar-refractivity contribution in [1.82, 2.24) is 9.78 Å². The van der Waals surface area contributed by atoms with Gasteiger partial charge < -0.3 is 5.11 Å². The van der Waals surface area contributed by atoms with Crippen LogP contribution in [0.2, 0.25) is 0 Å². The quantitative estimate of drug-likeness (QED) is 0.886.